The van der Waals surface area contributed by atoms with Crippen molar-refractivity contribution < 1.29 is 0 Å². The number of aromatic nitrogens is 1. The van der Waals surface area contributed by atoms with E-state index in [0.717, 1.165) is 30.4 Å². The first kappa shape index (κ1) is 12.4. The molecule has 1 aromatic heterocycles. The number of nitrogens with two attached hydrogens (primary N) is 1. The Bertz CT molecular complexity index is 358. The molecule has 94 valence electrons. The fourth-order valence-corrected chi connectivity index (χ4v) is 2.38. The molecule has 17 heavy (non-hydrogen) atoms. The maximum atomic E-state index is 6.02. The lowest BCUT2D eigenvalue weighted by atomic mass is 9.85. The normalized spacial score (nSPS) is 17.6. The zero-order valence-corrected chi connectivity index (χ0v) is 10.9. The lowest BCUT2D eigenvalue weighted by molar-refractivity contribution is 0.318. The lowest BCUT2D eigenvalue weighted by Gasteiger charge is -2.33. The molecule has 1 unspecified atom stereocenters. The van der Waals surface area contributed by atoms with E-state index in [1.807, 2.05) is 19.2 Å². The Morgan fingerprint density at radius 1 is 1.53 bits per heavy atom. The molecule has 1 heterocycles. The predicted octanol–water partition coefficient (Wildman–Crippen LogP) is 2.73. The summed E-state index contributed by atoms with van der Waals surface area (Å²) in [4.78, 5) is 6.91. The second kappa shape index (κ2) is 5.50. The van der Waals surface area contributed by atoms with Gasteiger partial charge in [-0.05, 0) is 38.7 Å². The second-order valence-electron chi connectivity index (χ2n) is 5.04. The maximum Gasteiger partial charge on any atom is 0.133 e. The van der Waals surface area contributed by atoms with Crippen molar-refractivity contribution in [2.75, 3.05) is 18.0 Å². The molecule has 3 heteroatoms. The first-order chi connectivity index (χ1) is 8.22. The van der Waals surface area contributed by atoms with Gasteiger partial charge in [-0.3, -0.25) is 0 Å². The molecule has 2 rings (SSSR count). The van der Waals surface area contributed by atoms with Crippen molar-refractivity contribution in [3.05, 3.63) is 23.9 Å². The van der Waals surface area contributed by atoms with E-state index in [9.17, 15) is 0 Å². The largest absolute Gasteiger partial charge is 0.356 e. The molecule has 1 aliphatic rings. The van der Waals surface area contributed by atoms with Gasteiger partial charge in [0, 0.05) is 30.9 Å². The van der Waals surface area contributed by atoms with Crippen molar-refractivity contribution in [1.82, 2.24) is 4.98 Å². The van der Waals surface area contributed by atoms with Crippen molar-refractivity contribution in [1.29, 1.82) is 0 Å². The van der Waals surface area contributed by atoms with Crippen LogP contribution in [0.1, 0.15) is 44.7 Å². The average molecular weight is 233 g/mol. The molecule has 1 atom stereocenters. The van der Waals surface area contributed by atoms with Gasteiger partial charge in [-0.25, -0.2) is 4.98 Å². The number of pyridine rings is 1. The SMILES string of the molecule is CCN(CC1CCC1)c1ncccc1C(C)N. The minimum atomic E-state index is 0.0501. The molecule has 0 saturated heterocycles. The predicted molar refractivity (Wildman–Crippen MR) is 72.1 cm³/mol. The molecule has 0 bridgehead atoms. The summed E-state index contributed by atoms with van der Waals surface area (Å²) in [7, 11) is 0. The van der Waals surface area contributed by atoms with Crippen LogP contribution in [-0.4, -0.2) is 18.1 Å². The van der Waals surface area contributed by atoms with Gasteiger partial charge in [0.15, 0.2) is 0 Å². The van der Waals surface area contributed by atoms with Gasteiger partial charge in [0.2, 0.25) is 0 Å². The highest BCUT2D eigenvalue weighted by Gasteiger charge is 2.22. The van der Waals surface area contributed by atoms with Gasteiger partial charge in [0.25, 0.3) is 0 Å². The van der Waals surface area contributed by atoms with Crippen LogP contribution in [0.15, 0.2) is 18.3 Å². The van der Waals surface area contributed by atoms with Crippen molar-refractivity contribution in [2.45, 2.75) is 39.2 Å². The second-order valence-corrected chi connectivity index (χ2v) is 5.04. The van der Waals surface area contributed by atoms with Crippen LogP contribution in [0.3, 0.4) is 0 Å². The van der Waals surface area contributed by atoms with Gasteiger partial charge in [-0.1, -0.05) is 12.5 Å². The molecule has 3 nitrogen and oxygen atoms in total. The fourth-order valence-electron chi connectivity index (χ4n) is 2.38. The Morgan fingerprint density at radius 2 is 2.29 bits per heavy atom. The van der Waals surface area contributed by atoms with Gasteiger partial charge >= 0.3 is 0 Å². The fraction of sp³-hybridized carbons (Fsp3) is 0.643. The zero-order chi connectivity index (χ0) is 12.3. The molecule has 0 aliphatic heterocycles. The van der Waals surface area contributed by atoms with E-state index in [-0.39, 0.29) is 6.04 Å². The van der Waals surface area contributed by atoms with E-state index in [2.05, 4.69) is 22.9 Å². The Kier molecular flexibility index (Phi) is 4.00. The summed E-state index contributed by atoms with van der Waals surface area (Å²) >= 11 is 0. The smallest absolute Gasteiger partial charge is 0.133 e. The van der Waals surface area contributed by atoms with E-state index >= 15 is 0 Å². The zero-order valence-electron chi connectivity index (χ0n) is 10.9. The van der Waals surface area contributed by atoms with Gasteiger partial charge in [-0.15, -0.1) is 0 Å². The van der Waals surface area contributed by atoms with Gasteiger partial charge in [-0.2, -0.15) is 0 Å². The summed E-state index contributed by atoms with van der Waals surface area (Å²) in [6.07, 6.45) is 6.00. The van der Waals surface area contributed by atoms with Crippen LogP contribution in [0.5, 0.6) is 0 Å². The minimum Gasteiger partial charge on any atom is -0.356 e. The summed E-state index contributed by atoms with van der Waals surface area (Å²) in [5, 5.41) is 0. The van der Waals surface area contributed by atoms with Crippen molar-refractivity contribution in [3.8, 4) is 0 Å². The number of hydrogen-bond acceptors (Lipinski definition) is 3. The number of nitrogens with zero attached hydrogens (tertiary/aromatic N) is 2. The molecule has 0 aromatic carbocycles. The molecule has 1 aliphatic carbocycles. The molecular formula is C14H23N3. The number of hydrogen-bond donors (Lipinski definition) is 1. The van der Waals surface area contributed by atoms with Gasteiger partial charge in [0.1, 0.15) is 5.82 Å². The van der Waals surface area contributed by atoms with Crippen LogP contribution >= 0.6 is 0 Å². The van der Waals surface area contributed by atoms with Gasteiger partial charge in [0.05, 0.1) is 0 Å². The molecule has 0 radical (unpaired) electrons. The van der Waals surface area contributed by atoms with Crippen molar-refractivity contribution >= 4 is 5.82 Å². The minimum absolute atomic E-state index is 0.0501. The van der Waals surface area contributed by atoms with Crippen LogP contribution in [0.2, 0.25) is 0 Å². The Balaban J connectivity index is 2.16. The van der Waals surface area contributed by atoms with E-state index in [4.69, 9.17) is 5.73 Å². The van der Waals surface area contributed by atoms with Crippen LogP contribution in [0.4, 0.5) is 5.82 Å². The molecule has 1 saturated carbocycles. The summed E-state index contributed by atoms with van der Waals surface area (Å²) in [6, 6.07) is 4.12. The highest BCUT2D eigenvalue weighted by atomic mass is 15.2. The van der Waals surface area contributed by atoms with Crippen LogP contribution in [0.25, 0.3) is 0 Å². The Hall–Kier alpha value is -1.09. The van der Waals surface area contributed by atoms with Crippen molar-refractivity contribution in [2.24, 2.45) is 11.7 Å². The maximum absolute atomic E-state index is 6.02. The Morgan fingerprint density at radius 3 is 2.82 bits per heavy atom. The molecule has 2 N–H and O–H groups in total. The van der Waals surface area contributed by atoms with Crippen molar-refractivity contribution in [3.63, 3.8) is 0 Å². The van der Waals surface area contributed by atoms with Crippen LogP contribution in [-0.2, 0) is 0 Å². The molecule has 0 spiro atoms. The first-order valence-electron chi connectivity index (χ1n) is 6.67. The van der Waals surface area contributed by atoms with Crippen LogP contribution in [0, 0.1) is 5.92 Å². The molecular weight excluding hydrogens is 210 g/mol. The summed E-state index contributed by atoms with van der Waals surface area (Å²) < 4.78 is 0. The standard InChI is InChI=1S/C14H23N3/c1-3-17(10-12-6-4-7-12)14-13(11(2)15)8-5-9-16-14/h5,8-9,11-12H,3-4,6-7,10,15H2,1-2H3. The van der Waals surface area contributed by atoms with Gasteiger partial charge < -0.3 is 10.6 Å². The van der Waals surface area contributed by atoms with Crippen LogP contribution < -0.4 is 10.6 Å². The third-order valence-corrected chi connectivity index (χ3v) is 3.69. The number of rotatable bonds is 5. The topological polar surface area (TPSA) is 42.2 Å². The third kappa shape index (κ3) is 2.78. The first-order valence-corrected chi connectivity index (χ1v) is 6.67. The summed E-state index contributed by atoms with van der Waals surface area (Å²) in [6.45, 7) is 6.36. The molecule has 0 amide bonds. The quantitative estimate of drug-likeness (QED) is 0.850. The highest BCUT2D eigenvalue weighted by Crippen LogP contribution is 2.30. The summed E-state index contributed by atoms with van der Waals surface area (Å²) in [5.74, 6) is 1.94. The van der Waals surface area contributed by atoms with E-state index in [1.165, 1.54) is 19.3 Å². The summed E-state index contributed by atoms with van der Waals surface area (Å²) in [5.41, 5.74) is 7.18. The third-order valence-electron chi connectivity index (χ3n) is 3.69. The molecule has 1 fully saturated rings. The van der Waals surface area contributed by atoms with E-state index in [1.54, 1.807) is 0 Å². The highest BCUT2D eigenvalue weighted by molar-refractivity contribution is 5.48. The molecule has 1 aromatic rings. The monoisotopic (exact) mass is 233 g/mol. The number of anilines is 1. The lowest BCUT2D eigenvalue weighted by Crippen LogP contribution is -2.34. The van der Waals surface area contributed by atoms with E-state index < -0.39 is 0 Å². The Labute approximate surface area is 104 Å². The average Bonchev–Trinajstić information content (AvgIpc) is 2.28. The van der Waals surface area contributed by atoms with E-state index in [0.29, 0.717) is 0 Å².